The molecule has 18 heavy (non-hydrogen) atoms. The zero-order chi connectivity index (χ0) is 13.3. The molecule has 0 unspecified atom stereocenters. The number of halogens is 3. The van der Waals surface area contributed by atoms with Gasteiger partial charge in [-0.05, 0) is 17.7 Å². The van der Waals surface area contributed by atoms with Crippen LogP contribution in [0.15, 0.2) is 29.4 Å². The summed E-state index contributed by atoms with van der Waals surface area (Å²) in [6, 6.07) is 4.80. The van der Waals surface area contributed by atoms with Gasteiger partial charge >= 0.3 is 6.18 Å². The van der Waals surface area contributed by atoms with Crippen molar-refractivity contribution in [2.45, 2.75) is 19.0 Å². The van der Waals surface area contributed by atoms with E-state index in [4.69, 9.17) is 0 Å². The molecule has 0 radical (unpaired) electrons. The van der Waals surface area contributed by atoms with Gasteiger partial charge in [-0.15, -0.1) is 0 Å². The van der Waals surface area contributed by atoms with Crippen LogP contribution in [0.2, 0.25) is 0 Å². The zero-order valence-corrected chi connectivity index (χ0v) is 9.66. The van der Waals surface area contributed by atoms with E-state index >= 15 is 0 Å². The summed E-state index contributed by atoms with van der Waals surface area (Å²) in [6.45, 7) is 0. The van der Waals surface area contributed by atoms with Crippen LogP contribution in [-0.2, 0) is 11.0 Å². The summed E-state index contributed by atoms with van der Waals surface area (Å²) in [5.41, 5.74) is 0.556. The number of carbonyl (C=O) groups excluding carboxylic acids is 1. The van der Waals surface area contributed by atoms with Crippen molar-refractivity contribution in [2.75, 3.05) is 7.05 Å². The smallest absolute Gasteiger partial charge is 0.273 e. The quantitative estimate of drug-likeness (QED) is 0.760. The molecule has 1 aliphatic rings. The van der Waals surface area contributed by atoms with Gasteiger partial charge in [0.05, 0.1) is 11.3 Å². The van der Waals surface area contributed by atoms with Gasteiger partial charge in [-0.2, -0.15) is 18.3 Å². The second-order valence-corrected chi connectivity index (χ2v) is 4.04. The lowest BCUT2D eigenvalue weighted by molar-refractivity contribution is -0.137. The van der Waals surface area contributed by atoms with Crippen LogP contribution in [0.3, 0.4) is 0 Å². The van der Waals surface area contributed by atoms with Crippen molar-refractivity contribution in [3.63, 3.8) is 0 Å². The number of carbonyl (C=O) groups is 1. The summed E-state index contributed by atoms with van der Waals surface area (Å²) in [5, 5.41) is 5.26. The van der Waals surface area contributed by atoms with Gasteiger partial charge in [-0.3, -0.25) is 4.79 Å². The van der Waals surface area contributed by atoms with Crippen LogP contribution in [-0.4, -0.2) is 23.7 Å². The molecule has 0 fully saturated rings. The number of hydrogen-bond acceptors (Lipinski definition) is 2. The predicted octanol–water partition coefficient (Wildman–Crippen LogP) is 2.66. The van der Waals surface area contributed by atoms with Gasteiger partial charge in [-0.25, -0.2) is 5.01 Å². The Labute approximate surface area is 102 Å². The molecule has 1 amide bonds. The molecule has 1 aromatic rings. The molecule has 6 heteroatoms. The highest BCUT2D eigenvalue weighted by atomic mass is 19.4. The zero-order valence-electron chi connectivity index (χ0n) is 9.66. The third-order valence-corrected chi connectivity index (χ3v) is 2.75. The maximum Gasteiger partial charge on any atom is 0.416 e. The monoisotopic (exact) mass is 256 g/mol. The summed E-state index contributed by atoms with van der Waals surface area (Å²) in [6.07, 6.45) is -3.55. The number of rotatable bonds is 1. The van der Waals surface area contributed by atoms with Crippen molar-refractivity contribution in [2.24, 2.45) is 5.10 Å². The average molecular weight is 256 g/mol. The van der Waals surface area contributed by atoms with E-state index in [1.165, 1.54) is 24.2 Å². The number of hydrogen-bond donors (Lipinski definition) is 0. The Kier molecular flexibility index (Phi) is 3.11. The first-order valence-electron chi connectivity index (χ1n) is 5.39. The Morgan fingerprint density at radius 2 is 1.78 bits per heavy atom. The van der Waals surface area contributed by atoms with Gasteiger partial charge in [0.25, 0.3) is 0 Å². The number of hydrazone groups is 1. The minimum absolute atomic E-state index is 0.0920. The van der Waals surface area contributed by atoms with Crippen molar-refractivity contribution in [3.05, 3.63) is 35.4 Å². The summed E-state index contributed by atoms with van der Waals surface area (Å²) < 4.78 is 37.2. The van der Waals surface area contributed by atoms with Crippen molar-refractivity contribution >= 4 is 11.6 Å². The van der Waals surface area contributed by atoms with E-state index in [9.17, 15) is 18.0 Å². The fraction of sp³-hybridized carbons (Fsp3) is 0.333. The predicted molar refractivity (Wildman–Crippen MR) is 60.0 cm³/mol. The first-order valence-corrected chi connectivity index (χ1v) is 5.39. The molecular formula is C12H11F3N2O. The van der Waals surface area contributed by atoms with Crippen LogP contribution in [0.1, 0.15) is 24.0 Å². The number of amides is 1. The van der Waals surface area contributed by atoms with E-state index < -0.39 is 11.7 Å². The lowest BCUT2D eigenvalue weighted by Gasteiger charge is -2.19. The molecule has 1 aliphatic heterocycles. The van der Waals surface area contributed by atoms with Crippen molar-refractivity contribution in [1.82, 2.24) is 5.01 Å². The normalized spacial score (nSPS) is 16.8. The first kappa shape index (κ1) is 12.6. The van der Waals surface area contributed by atoms with E-state index in [0.29, 0.717) is 24.1 Å². The Balaban J connectivity index is 2.26. The molecule has 0 spiro atoms. The Hall–Kier alpha value is -1.85. The molecule has 0 saturated heterocycles. The van der Waals surface area contributed by atoms with E-state index in [2.05, 4.69) is 5.10 Å². The first-order chi connectivity index (χ1) is 8.38. The molecule has 0 aliphatic carbocycles. The summed E-state index contributed by atoms with van der Waals surface area (Å²) in [5.74, 6) is -0.0920. The van der Waals surface area contributed by atoms with Gasteiger partial charge in [0, 0.05) is 19.9 Å². The van der Waals surface area contributed by atoms with E-state index in [1.54, 1.807) is 0 Å². The van der Waals surface area contributed by atoms with Crippen molar-refractivity contribution in [1.29, 1.82) is 0 Å². The largest absolute Gasteiger partial charge is 0.416 e. The Bertz CT molecular complexity index is 491. The maximum atomic E-state index is 12.4. The average Bonchev–Trinajstić information content (AvgIpc) is 2.32. The van der Waals surface area contributed by atoms with Crippen molar-refractivity contribution in [3.8, 4) is 0 Å². The summed E-state index contributed by atoms with van der Waals surface area (Å²) >= 11 is 0. The maximum absolute atomic E-state index is 12.4. The minimum Gasteiger partial charge on any atom is -0.273 e. The summed E-state index contributed by atoms with van der Waals surface area (Å²) in [7, 11) is 1.53. The van der Waals surface area contributed by atoms with Crippen LogP contribution in [0.5, 0.6) is 0 Å². The van der Waals surface area contributed by atoms with Gasteiger partial charge in [0.2, 0.25) is 5.91 Å². The fourth-order valence-electron chi connectivity index (χ4n) is 1.73. The molecule has 3 nitrogen and oxygen atoms in total. The van der Waals surface area contributed by atoms with E-state index in [1.807, 2.05) is 0 Å². The van der Waals surface area contributed by atoms with Gasteiger partial charge < -0.3 is 0 Å². The molecule has 1 aromatic carbocycles. The lowest BCUT2D eigenvalue weighted by Crippen LogP contribution is -2.28. The molecule has 0 saturated carbocycles. The van der Waals surface area contributed by atoms with Crippen LogP contribution in [0.4, 0.5) is 13.2 Å². The fourth-order valence-corrected chi connectivity index (χ4v) is 1.73. The number of nitrogens with zero attached hydrogens (tertiary/aromatic N) is 2. The molecule has 96 valence electrons. The van der Waals surface area contributed by atoms with Crippen LogP contribution < -0.4 is 0 Å². The standard InChI is InChI=1S/C12H11F3N2O/c1-17-11(18)7-6-10(16-17)8-2-4-9(5-3-8)12(13,14)15/h2-5H,6-7H2,1H3. The lowest BCUT2D eigenvalue weighted by atomic mass is 10.0. The highest BCUT2D eigenvalue weighted by Gasteiger charge is 2.30. The Morgan fingerprint density at radius 3 is 2.28 bits per heavy atom. The molecule has 1 heterocycles. The molecule has 0 atom stereocenters. The third kappa shape index (κ3) is 2.52. The number of alkyl halides is 3. The van der Waals surface area contributed by atoms with Crippen LogP contribution in [0.25, 0.3) is 0 Å². The summed E-state index contributed by atoms with van der Waals surface area (Å²) in [4.78, 5) is 11.2. The van der Waals surface area contributed by atoms with Crippen LogP contribution >= 0.6 is 0 Å². The highest BCUT2D eigenvalue weighted by molar-refractivity contribution is 6.04. The Morgan fingerprint density at radius 1 is 1.17 bits per heavy atom. The highest BCUT2D eigenvalue weighted by Crippen LogP contribution is 2.29. The van der Waals surface area contributed by atoms with E-state index in [0.717, 1.165) is 12.1 Å². The van der Waals surface area contributed by atoms with Gasteiger partial charge in [0.15, 0.2) is 0 Å². The number of benzene rings is 1. The molecule has 2 rings (SSSR count). The van der Waals surface area contributed by atoms with Crippen molar-refractivity contribution < 1.29 is 18.0 Å². The third-order valence-electron chi connectivity index (χ3n) is 2.75. The molecule has 0 bridgehead atoms. The molecule has 0 N–H and O–H groups in total. The second kappa shape index (κ2) is 4.44. The topological polar surface area (TPSA) is 32.7 Å². The molecule has 0 aromatic heterocycles. The van der Waals surface area contributed by atoms with Gasteiger partial charge in [0.1, 0.15) is 0 Å². The van der Waals surface area contributed by atoms with E-state index in [-0.39, 0.29) is 5.91 Å². The van der Waals surface area contributed by atoms with Crippen LogP contribution in [0, 0.1) is 0 Å². The SMILES string of the molecule is CN1N=C(c2ccc(C(F)(F)F)cc2)CCC1=O. The van der Waals surface area contributed by atoms with Gasteiger partial charge in [-0.1, -0.05) is 12.1 Å². The second-order valence-electron chi connectivity index (χ2n) is 4.04. The molecular weight excluding hydrogens is 245 g/mol. The minimum atomic E-state index is -4.33.